The Kier molecular flexibility index (Phi) is 3.29. The molecule has 0 amide bonds. The maximum atomic E-state index is 5.43. The largest absolute Gasteiger partial charge is 0.339 e. The van der Waals surface area contributed by atoms with Crippen molar-refractivity contribution in [1.82, 2.24) is 20.4 Å². The van der Waals surface area contributed by atoms with E-state index in [0.29, 0.717) is 17.8 Å². The van der Waals surface area contributed by atoms with E-state index in [0.717, 1.165) is 36.5 Å². The molecule has 3 rings (SSSR count). The smallest absolute Gasteiger partial charge is 0.231 e. The van der Waals surface area contributed by atoms with Crippen molar-refractivity contribution in [2.24, 2.45) is 0 Å². The minimum atomic E-state index is 0.315. The first-order valence-corrected chi connectivity index (χ1v) is 6.81. The van der Waals surface area contributed by atoms with Gasteiger partial charge in [0.2, 0.25) is 11.7 Å². The van der Waals surface area contributed by atoms with Crippen LogP contribution in [0.25, 0.3) is 11.5 Å². The fraction of sp³-hybridized carbons (Fsp3) is 0.500. The van der Waals surface area contributed by atoms with Crippen molar-refractivity contribution in [3.8, 4) is 11.5 Å². The third kappa shape index (κ3) is 2.26. The number of hydrogen-bond donors (Lipinski definition) is 1. The van der Waals surface area contributed by atoms with Crippen LogP contribution in [0.15, 0.2) is 22.9 Å². The van der Waals surface area contributed by atoms with E-state index in [1.54, 1.807) is 6.20 Å². The highest BCUT2D eigenvalue weighted by atomic mass is 16.5. The summed E-state index contributed by atoms with van der Waals surface area (Å²) in [6.07, 6.45) is 3.73. The molecule has 5 heteroatoms. The summed E-state index contributed by atoms with van der Waals surface area (Å²) in [5.74, 6) is 1.64. The van der Waals surface area contributed by atoms with Gasteiger partial charge in [0, 0.05) is 12.2 Å². The van der Waals surface area contributed by atoms with Gasteiger partial charge in [0.25, 0.3) is 0 Å². The van der Waals surface area contributed by atoms with E-state index in [1.807, 2.05) is 6.07 Å². The molecule has 2 aromatic rings. The lowest BCUT2D eigenvalue weighted by Gasteiger charge is -2.08. The van der Waals surface area contributed by atoms with E-state index in [9.17, 15) is 0 Å². The van der Waals surface area contributed by atoms with Crippen LogP contribution in [0.3, 0.4) is 0 Å². The summed E-state index contributed by atoms with van der Waals surface area (Å²) in [6.45, 7) is 5.26. The molecule has 5 nitrogen and oxygen atoms in total. The molecule has 0 saturated carbocycles. The van der Waals surface area contributed by atoms with Gasteiger partial charge in [0.1, 0.15) is 5.69 Å². The Labute approximate surface area is 112 Å². The Bertz CT molecular complexity index is 566. The Morgan fingerprint density at radius 1 is 1.47 bits per heavy atom. The molecular weight excluding hydrogens is 240 g/mol. The van der Waals surface area contributed by atoms with Crippen LogP contribution in [0.5, 0.6) is 0 Å². The highest BCUT2D eigenvalue weighted by Gasteiger charge is 2.29. The maximum absolute atomic E-state index is 5.43. The van der Waals surface area contributed by atoms with E-state index in [2.05, 4.69) is 40.4 Å². The summed E-state index contributed by atoms with van der Waals surface area (Å²) >= 11 is 0. The summed E-state index contributed by atoms with van der Waals surface area (Å²) in [7, 11) is 0. The van der Waals surface area contributed by atoms with Crippen LogP contribution in [0.1, 0.15) is 37.6 Å². The number of aryl methyl sites for hydroxylation is 1. The molecule has 100 valence electrons. The highest BCUT2D eigenvalue weighted by molar-refractivity contribution is 5.53. The average molecular weight is 258 g/mol. The number of nitrogens with zero attached hydrogens (tertiary/aromatic N) is 3. The third-order valence-electron chi connectivity index (χ3n) is 3.77. The highest BCUT2D eigenvalue weighted by Crippen LogP contribution is 2.28. The van der Waals surface area contributed by atoms with Crippen LogP contribution >= 0.6 is 0 Å². The quantitative estimate of drug-likeness (QED) is 0.914. The number of pyridine rings is 1. The first-order valence-electron chi connectivity index (χ1n) is 6.81. The van der Waals surface area contributed by atoms with Gasteiger partial charge in [-0.25, -0.2) is 0 Å². The standard InChI is InChI=1S/C14H18N4O/c1-3-10-5-4-7-16-12(10)13-17-14(19-18-13)11-6-8-15-9(11)2/h4-5,7,9,11,15H,3,6,8H2,1-2H3. The van der Waals surface area contributed by atoms with Crippen molar-refractivity contribution < 1.29 is 4.52 Å². The van der Waals surface area contributed by atoms with Crippen LogP contribution in [-0.2, 0) is 6.42 Å². The molecule has 1 aliphatic heterocycles. The van der Waals surface area contributed by atoms with E-state index in [-0.39, 0.29) is 0 Å². The lowest BCUT2D eigenvalue weighted by molar-refractivity contribution is 0.345. The first-order chi connectivity index (χ1) is 9.29. The normalized spacial score (nSPS) is 22.8. The Hall–Kier alpha value is -1.75. The van der Waals surface area contributed by atoms with Crippen molar-refractivity contribution in [2.75, 3.05) is 6.54 Å². The summed E-state index contributed by atoms with van der Waals surface area (Å²) in [5.41, 5.74) is 1.98. The van der Waals surface area contributed by atoms with Crippen molar-refractivity contribution in [3.63, 3.8) is 0 Å². The number of nitrogens with one attached hydrogen (secondary N) is 1. The Balaban J connectivity index is 1.92. The molecule has 0 radical (unpaired) electrons. The van der Waals surface area contributed by atoms with Crippen molar-refractivity contribution in [3.05, 3.63) is 29.8 Å². The zero-order chi connectivity index (χ0) is 13.2. The maximum Gasteiger partial charge on any atom is 0.231 e. The van der Waals surface area contributed by atoms with Crippen LogP contribution < -0.4 is 5.32 Å². The zero-order valence-corrected chi connectivity index (χ0v) is 11.3. The van der Waals surface area contributed by atoms with Crippen LogP contribution in [0.4, 0.5) is 0 Å². The molecule has 0 spiro atoms. The Morgan fingerprint density at radius 2 is 2.37 bits per heavy atom. The molecule has 2 aromatic heterocycles. The fourth-order valence-corrected chi connectivity index (χ4v) is 2.60. The van der Waals surface area contributed by atoms with Gasteiger partial charge in [-0.2, -0.15) is 4.98 Å². The zero-order valence-electron chi connectivity index (χ0n) is 11.3. The predicted octanol–water partition coefficient (Wildman–Crippen LogP) is 2.16. The number of rotatable bonds is 3. The van der Waals surface area contributed by atoms with E-state index >= 15 is 0 Å². The molecule has 2 unspecified atom stereocenters. The molecule has 3 heterocycles. The molecule has 0 aromatic carbocycles. The minimum absolute atomic E-state index is 0.315. The number of hydrogen-bond acceptors (Lipinski definition) is 5. The first kappa shape index (κ1) is 12.3. The van der Waals surface area contributed by atoms with Gasteiger partial charge in [-0.3, -0.25) is 4.98 Å². The van der Waals surface area contributed by atoms with Crippen molar-refractivity contribution in [1.29, 1.82) is 0 Å². The molecule has 1 saturated heterocycles. The molecule has 2 atom stereocenters. The second-order valence-electron chi connectivity index (χ2n) is 4.96. The van der Waals surface area contributed by atoms with E-state index < -0.39 is 0 Å². The van der Waals surface area contributed by atoms with Crippen molar-refractivity contribution in [2.45, 2.75) is 38.6 Å². The lowest BCUT2D eigenvalue weighted by Crippen LogP contribution is -2.21. The van der Waals surface area contributed by atoms with Gasteiger partial charge in [-0.1, -0.05) is 18.1 Å². The summed E-state index contributed by atoms with van der Waals surface area (Å²) < 4.78 is 5.43. The van der Waals surface area contributed by atoms with Crippen LogP contribution in [0.2, 0.25) is 0 Å². The summed E-state index contributed by atoms with van der Waals surface area (Å²) in [6, 6.07) is 4.38. The molecule has 0 bridgehead atoms. The third-order valence-corrected chi connectivity index (χ3v) is 3.77. The number of aromatic nitrogens is 3. The molecule has 0 aliphatic carbocycles. The van der Waals surface area contributed by atoms with Gasteiger partial charge in [0.05, 0.1) is 5.92 Å². The molecule has 1 aliphatic rings. The molecule has 19 heavy (non-hydrogen) atoms. The predicted molar refractivity (Wildman–Crippen MR) is 71.7 cm³/mol. The lowest BCUT2D eigenvalue weighted by atomic mass is 10.0. The monoisotopic (exact) mass is 258 g/mol. The van der Waals surface area contributed by atoms with Crippen LogP contribution in [0, 0.1) is 0 Å². The summed E-state index contributed by atoms with van der Waals surface area (Å²) in [5, 5.41) is 7.49. The minimum Gasteiger partial charge on any atom is -0.339 e. The Morgan fingerprint density at radius 3 is 3.11 bits per heavy atom. The molecule has 1 N–H and O–H groups in total. The van der Waals surface area contributed by atoms with Gasteiger partial charge < -0.3 is 9.84 Å². The topological polar surface area (TPSA) is 63.8 Å². The average Bonchev–Trinajstić information content (AvgIpc) is 3.07. The molecule has 1 fully saturated rings. The van der Waals surface area contributed by atoms with Gasteiger partial charge >= 0.3 is 0 Å². The van der Waals surface area contributed by atoms with Crippen molar-refractivity contribution >= 4 is 0 Å². The summed E-state index contributed by atoms with van der Waals surface area (Å²) in [4.78, 5) is 8.92. The SMILES string of the molecule is CCc1cccnc1-c1noc(C2CCNC2C)n1. The van der Waals surface area contributed by atoms with E-state index in [1.165, 1.54) is 0 Å². The molecular formula is C14H18N4O. The van der Waals surface area contributed by atoms with Crippen LogP contribution in [-0.4, -0.2) is 27.7 Å². The second-order valence-corrected chi connectivity index (χ2v) is 4.96. The fourth-order valence-electron chi connectivity index (χ4n) is 2.60. The van der Waals surface area contributed by atoms with E-state index in [4.69, 9.17) is 4.52 Å². The van der Waals surface area contributed by atoms with Gasteiger partial charge in [0.15, 0.2) is 0 Å². The second kappa shape index (κ2) is 5.09. The van der Waals surface area contributed by atoms with Gasteiger partial charge in [-0.05, 0) is 37.9 Å². The van der Waals surface area contributed by atoms with Gasteiger partial charge in [-0.15, -0.1) is 0 Å².